The fraction of sp³-hybridized carbons (Fsp3) is 0.333. The number of amides is 2. The second kappa shape index (κ2) is 7.30. The number of nitrogens with one attached hydrogen (secondary N) is 1. The van der Waals surface area contributed by atoms with Crippen molar-refractivity contribution in [1.29, 1.82) is 0 Å². The van der Waals surface area contributed by atoms with Crippen LogP contribution in [-0.2, 0) is 0 Å². The maximum absolute atomic E-state index is 13.0. The summed E-state index contributed by atoms with van der Waals surface area (Å²) in [4.78, 5) is 21.7. The fourth-order valence-electron chi connectivity index (χ4n) is 4.10. The van der Waals surface area contributed by atoms with Crippen molar-refractivity contribution in [3.63, 3.8) is 0 Å². The van der Waals surface area contributed by atoms with Crippen molar-refractivity contribution in [3.05, 3.63) is 72.6 Å². The van der Waals surface area contributed by atoms with E-state index in [-0.39, 0.29) is 18.1 Å². The minimum Gasteiger partial charge on any atom is -0.310 e. The van der Waals surface area contributed by atoms with Crippen molar-refractivity contribution in [2.24, 2.45) is 0 Å². The molecule has 2 aliphatic rings. The zero-order valence-corrected chi connectivity index (χ0v) is 14.8. The van der Waals surface area contributed by atoms with Crippen LogP contribution in [0, 0.1) is 0 Å². The van der Waals surface area contributed by atoms with Gasteiger partial charge in [-0.3, -0.25) is 9.88 Å². The van der Waals surface area contributed by atoms with Gasteiger partial charge in [-0.05, 0) is 24.5 Å². The van der Waals surface area contributed by atoms with Gasteiger partial charge in [0, 0.05) is 43.6 Å². The molecule has 2 amide bonds. The Kier molecular flexibility index (Phi) is 4.71. The lowest BCUT2D eigenvalue weighted by Gasteiger charge is -2.45. The lowest BCUT2D eigenvalue weighted by atomic mass is 9.91. The van der Waals surface area contributed by atoms with Crippen LogP contribution in [0.5, 0.6) is 0 Å². The first-order valence-corrected chi connectivity index (χ1v) is 9.19. The van der Waals surface area contributed by atoms with E-state index in [1.54, 1.807) is 6.20 Å². The highest BCUT2D eigenvalue weighted by Crippen LogP contribution is 2.39. The number of urea groups is 1. The molecule has 1 aromatic heterocycles. The van der Waals surface area contributed by atoms with Crippen LogP contribution in [0.2, 0.25) is 0 Å². The predicted molar refractivity (Wildman–Crippen MR) is 103 cm³/mol. The first kappa shape index (κ1) is 16.8. The normalized spacial score (nSPS) is 21.2. The minimum atomic E-state index is -0.0930. The third-order valence-corrected chi connectivity index (χ3v) is 5.35. The van der Waals surface area contributed by atoms with Crippen molar-refractivity contribution >= 4 is 11.7 Å². The molecule has 5 heteroatoms. The standard InChI is InChI=1S/C21H24N4O/c1-2-12-24-13-9-17(10-14-24)25-20(16-6-4-3-5-7-16)18-15-22-11-8-19(18)23-21(25)26/h2-8,11,15,17,20H,1,9-10,12-14H2,(H,23,26). The maximum Gasteiger partial charge on any atom is 0.322 e. The number of hydrogen-bond acceptors (Lipinski definition) is 3. The molecule has 0 saturated carbocycles. The summed E-state index contributed by atoms with van der Waals surface area (Å²) in [7, 11) is 0. The average molecular weight is 348 g/mol. The molecule has 3 heterocycles. The van der Waals surface area contributed by atoms with Gasteiger partial charge in [0.25, 0.3) is 0 Å². The molecule has 0 aliphatic carbocycles. The Morgan fingerprint density at radius 1 is 1.19 bits per heavy atom. The molecule has 0 bridgehead atoms. The number of nitrogens with zero attached hydrogens (tertiary/aromatic N) is 3. The summed E-state index contributed by atoms with van der Waals surface area (Å²) in [6.07, 6.45) is 7.50. The van der Waals surface area contributed by atoms with E-state index in [1.807, 2.05) is 41.4 Å². The smallest absolute Gasteiger partial charge is 0.310 e. The van der Waals surface area contributed by atoms with Crippen LogP contribution in [-0.4, -0.2) is 46.5 Å². The van der Waals surface area contributed by atoms with E-state index in [9.17, 15) is 4.79 Å². The number of aromatic nitrogens is 1. The molecule has 26 heavy (non-hydrogen) atoms. The average Bonchev–Trinajstić information content (AvgIpc) is 2.69. The Balaban J connectivity index is 1.68. The van der Waals surface area contributed by atoms with Gasteiger partial charge < -0.3 is 10.2 Å². The lowest BCUT2D eigenvalue weighted by molar-refractivity contribution is 0.113. The fourth-order valence-corrected chi connectivity index (χ4v) is 4.10. The van der Waals surface area contributed by atoms with Gasteiger partial charge in [0.1, 0.15) is 0 Å². The van der Waals surface area contributed by atoms with Crippen molar-refractivity contribution < 1.29 is 4.79 Å². The monoisotopic (exact) mass is 348 g/mol. The summed E-state index contributed by atoms with van der Waals surface area (Å²) in [5.41, 5.74) is 3.05. The van der Waals surface area contributed by atoms with Crippen molar-refractivity contribution in [3.8, 4) is 0 Å². The Labute approximate surface area is 154 Å². The first-order chi connectivity index (χ1) is 12.8. The third-order valence-electron chi connectivity index (χ3n) is 5.35. The van der Waals surface area contributed by atoms with Gasteiger partial charge >= 0.3 is 6.03 Å². The largest absolute Gasteiger partial charge is 0.322 e. The van der Waals surface area contributed by atoms with E-state index in [1.165, 1.54) is 0 Å². The Morgan fingerprint density at radius 3 is 2.69 bits per heavy atom. The molecule has 1 unspecified atom stereocenters. The van der Waals surface area contributed by atoms with Gasteiger partial charge in [-0.1, -0.05) is 36.4 Å². The number of benzene rings is 1. The maximum atomic E-state index is 13.0. The van der Waals surface area contributed by atoms with Gasteiger partial charge in [-0.25, -0.2) is 4.79 Å². The molecule has 1 saturated heterocycles. The predicted octanol–water partition coefficient (Wildman–Crippen LogP) is 3.67. The Bertz CT molecular complexity index is 784. The van der Waals surface area contributed by atoms with Crippen LogP contribution >= 0.6 is 0 Å². The van der Waals surface area contributed by atoms with E-state index in [4.69, 9.17) is 0 Å². The summed E-state index contributed by atoms with van der Waals surface area (Å²) in [6, 6.07) is 12.3. The third kappa shape index (κ3) is 3.10. The SMILES string of the molecule is C=CCN1CCC(N2C(=O)Nc3ccncc3C2c2ccccc2)CC1. The highest BCUT2D eigenvalue weighted by molar-refractivity contribution is 5.93. The zero-order valence-electron chi connectivity index (χ0n) is 14.8. The second-order valence-corrected chi connectivity index (χ2v) is 6.93. The number of rotatable bonds is 4. The molecular weight excluding hydrogens is 324 g/mol. The first-order valence-electron chi connectivity index (χ1n) is 9.19. The van der Waals surface area contributed by atoms with Crippen LogP contribution in [0.1, 0.15) is 30.0 Å². The topological polar surface area (TPSA) is 48.5 Å². The van der Waals surface area contributed by atoms with E-state index in [0.717, 1.165) is 49.3 Å². The number of carbonyl (C=O) groups is 1. The molecule has 2 aliphatic heterocycles. The summed E-state index contributed by atoms with van der Waals surface area (Å²) < 4.78 is 0. The van der Waals surface area contributed by atoms with E-state index >= 15 is 0 Å². The highest BCUT2D eigenvalue weighted by Gasteiger charge is 2.39. The zero-order chi connectivity index (χ0) is 17.9. The molecule has 1 atom stereocenters. The summed E-state index contributed by atoms with van der Waals surface area (Å²) in [5, 5.41) is 3.06. The molecule has 1 aromatic carbocycles. The number of piperidine rings is 1. The number of anilines is 1. The van der Waals surface area contributed by atoms with Crippen LogP contribution in [0.4, 0.5) is 10.5 Å². The van der Waals surface area contributed by atoms with Crippen LogP contribution in [0.25, 0.3) is 0 Å². The molecule has 2 aromatic rings. The summed E-state index contributed by atoms with van der Waals surface area (Å²) in [5.74, 6) is 0. The summed E-state index contributed by atoms with van der Waals surface area (Å²) in [6.45, 7) is 6.72. The highest BCUT2D eigenvalue weighted by atomic mass is 16.2. The van der Waals surface area contributed by atoms with Gasteiger partial charge in [0.05, 0.1) is 11.7 Å². The van der Waals surface area contributed by atoms with Crippen molar-refractivity contribution in [2.45, 2.75) is 24.9 Å². The number of pyridine rings is 1. The lowest BCUT2D eigenvalue weighted by Crippen LogP contribution is -2.52. The van der Waals surface area contributed by atoms with Crippen LogP contribution < -0.4 is 5.32 Å². The van der Waals surface area contributed by atoms with Gasteiger partial charge in [0.2, 0.25) is 0 Å². The van der Waals surface area contributed by atoms with Crippen molar-refractivity contribution in [2.75, 3.05) is 25.0 Å². The molecule has 0 radical (unpaired) electrons. The minimum absolute atomic E-state index is 0.0141. The number of likely N-dealkylation sites (tertiary alicyclic amines) is 1. The summed E-state index contributed by atoms with van der Waals surface area (Å²) >= 11 is 0. The number of fused-ring (bicyclic) bond motifs is 1. The Morgan fingerprint density at radius 2 is 1.96 bits per heavy atom. The van der Waals surface area contributed by atoms with Gasteiger partial charge in [-0.2, -0.15) is 0 Å². The Hall–Kier alpha value is -2.66. The van der Waals surface area contributed by atoms with E-state index < -0.39 is 0 Å². The van der Waals surface area contributed by atoms with Crippen molar-refractivity contribution in [1.82, 2.24) is 14.8 Å². The molecule has 5 nitrogen and oxygen atoms in total. The molecule has 0 spiro atoms. The second-order valence-electron chi connectivity index (χ2n) is 6.93. The molecule has 1 N–H and O–H groups in total. The van der Waals surface area contributed by atoms with E-state index in [2.05, 4.69) is 33.9 Å². The number of carbonyl (C=O) groups excluding carboxylic acids is 1. The molecule has 134 valence electrons. The van der Waals surface area contributed by atoms with Crippen LogP contribution in [0.3, 0.4) is 0 Å². The van der Waals surface area contributed by atoms with Crippen LogP contribution in [0.15, 0.2) is 61.4 Å². The molecule has 4 rings (SSSR count). The van der Waals surface area contributed by atoms with Gasteiger partial charge in [0.15, 0.2) is 0 Å². The number of hydrogen-bond donors (Lipinski definition) is 1. The van der Waals surface area contributed by atoms with E-state index in [0.29, 0.717) is 0 Å². The molecular formula is C21H24N4O. The van der Waals surface area contributed by atoms with Gasteiger partial charge in [-0.15, -0.1) is 6.58 Å². The quantitative estimate of drug-likeness (QED) is 0.858. The molecule has 1 fully saturated rings.